The Hall–Kier alpha value is -2.66. The Morgan fingerprint density at radius 3 is 2.30 bits per heavy atom. The number of Topliss-reactive ketones (excluding diaryl/α,β-unsaturated/α-hetero) is 1. The molecule has 172 valence electrons. The fourth-order valence-corrected chi connectivity index (χ4v) is 4.95. The molecule has 2 unspecified atom stereocenters. The van der Waals surface area contributed by atoms with Gasteiger partial charge in [-0.1, -0.05) is 61.8 Å². The maximum atomic E-state index is 13.2. The van der Waals surface area contributed by atoms with Gasteiger partial charge in [-0.15, -0.1) is 0 Å². The van der Waals surface area contributed by atoms with E-state index in [4.69, 9.17) is 16.3 Å². The summed E-state index contributed by atoms with van der Waals surface area (Å²) in [6.07, 6.45) is -1.49. The Morgan fingerprint density at radius 1 is 1.03 bits per heavy atom. The van der Waals surface area contributed by atoms with E-state index in [1.165, 1.54) is 5.56 Å². The third kappa shape index (κ3) is 3.67. The summed E-state index contributed by atoms with van der Waals surface area (Å²) in [4.78, 5) is 13.2. The van der Waals surface area contributed by atoms with Crippen LogP contribution in [0.3, 0.4) is 0 Å². The summed E-state index contributed by atoms with van der Waals surface area (Å²) in [6.45, 7) is 9.48. The van der Waals surface area contributed by atoms with Crippen LogP contribution in [0.15, 0.2) is 59.9 Å². The van der Waals surface area contributed by atoms with Crippen molar-refractivity contribution in [1.82, 2.24) is 0 Å². The Kier molecular flexibility index (Phi) is 6.12. The lowest BCUT2D eigenvalue weighted by atomic mass is 9.75. The molecule has 0 spiro atoms. The number of aliphatic hydroxyl groups excluding tert-OH is 2. The maximum absolute atomic E-state index is 13.2. The first-order chi connectivity index (χ1) is 15.6. The third-order valence-electron chi connectivity index (χ3n) is 6.73. The molecule has 2 aliphatic carbocycles. The van der Waals surface area contributed by atoms with Gasteiger partial charge >= 0.3 is 0 Å². The summed E-state index contributed by atoms with van der Waals surface area (Å²) in [5.41, 5.74) is 5.18. The minimum absolute atomic E-state index is 0.160. The molecule has 1 aromatic carbocycles. The zero-order valence-electron chi connectivity index (χ0n) is 19.6. The van der Waals surface area contributed by atoms with Crippen molar-refractivity contribution in [1.29, 1.82) is 0 Å². The molecular formula is C28H29ClO4. The number of aryl methyl sites for hydroxylation is 2. The molecular weight excluding hydrogens is 436 g/mol. The van der Waals surface area contributed by atoms with E-state index in [2.05, 4.69) is 32.0 Å². The van der Waals surface area contributed by atoms with Crippen molar-refractivity contribution < 1.29 is 19.7 Å². The van der Waals surface area contributed by atoms with Crippen LogP contribution in [0.25, 0.3) is 11.1 Å². The van der Waals surface area contributed by atoms with Gasteiger partial charge in [-0.3, -0.25) is 4.79 Å². The predicted molar refractivity (Wildman–Crippen MR) is 131 cm³/mol. The fourth-order valence-electron chi connectivity index (χ4n) is 4.83. The maximum Gasteiger partial charge on any atom is 0.195 e. The molecule has 2 atom stereocenters. The SMILES string of the molecule is CC1=C(CO)OC(c2ccc(Cl)cc2)(c2cc(C)c3ccc(C(C)C)cc(C)c2-3)C(O)C1=O. The molecule has 0 saturated heterocycles. The summed E-state index contributed by atoms with van der Waals surface area (Å²) in [5, 5.41) is 22.0. The number of carbonyl (C=O) groups is 1. The van der Waals surface area contributed by atoms with Gasteiger partial charge in [0.2, 0.25) is 0 Å². The van der Waals surface area contributed by atoms with Crippen LogP contribution >= 0.6 is 11.6 Å². The zero-order chi connectivity index (χ0) is 24.1. The first kappa shape index (κ1) is 23.5. The van der Waals surface area contributed by atoms with Gasteiger partial charge < -0.3 is 14.9 Å². The number of ketones is 1. The number of fused-ring (bicyclic) bond motifs is 1. The zero-order valence-corrected chi connectivity index (χ0v) is 20.3. The lowest BCUT2D eigenvalue weighted by Gasteiger charge is -2.43. The predicted octanol–water partition coefficient (Wildman–Crippen LogP) is 5.66. The lowest BCUT2D eigenvalue weighted by Crippen LogP contribution is -2.51. The van der Waals surface area contributed by atoms with Gasteiger partial charge in [0.05, 0.1) is 0 Å². The van der Waals surface area contributed by atoms with E-state index in [1.807, 2.05) is 19.9 Å². The van der Waals surface area contributed by atoms with Gasteiger partial charge in [-0.2, -0.15) is 0 Å². The number of hydrogen-bond donors (Lipinski definition) is 2. The minimum Gasteiger partial charge on any atom is -0.476 e. The molecule has 1 aliphatic heterocycles. The summed E-state index contributed by atoms with van der Waals surface area (Å²) < 4.78 is 6.43. The number of benzene rings is 1. The highest BCUT2D eigenvalue weighted by atomic mass is 35.5. The number of rotatable bonds is 4. The second-order valence-electron chi connectivity index (χ2n) is 9.16. The van der Waals surface area contributed by atoms with Crippen LogP contribution in [0, 0.1) is 13.8 Å². The van der Waals surface area contributed by atoms with E-state index in [0.717, 1.165) is 22.3 Å². The van der Waals surface area contributed by atoms with E-state index in [1.54, 1.807) is 31.2 Å². The largest absolute Gasteiger partial charge is 0.476 e. The van der Waals surface area contributed by atoms with Gasteiger partial charge in [0.15, 0.2) is 17.5 Å². The molecule has 5 heteroatoms. The quantitative estimate of drug-likeness (QED) is 0.523. The number of aliphatic hydroxyl groups is 2. The summed E-state index contributed by atoms with van der Waals surface area (Å²) in [7, 11) is 0. The van der Waals surface area contributed by atoms with Gasteiger partial charge in [0.25, 0.3) is 0 Å². The lowest BCUT2D eigenvalue weighted by molar-refractivity contribution is -0.146. The van der Waals surface area contributed by atoms with E-state index in [0.29, 0.717) is 22.1 Å². The van der Waals surface area contributed by atoms with Crippen molar-refractivity contribution in [3.05, 3.63) is 92.7 Å². The van der Waals surface area contributed by atoms with Crippen molar-refractivity contribution >= 4 is 17.4 Å². The highest BCUT2D eigenvalue weighted by Crippen LogP contribution is 2.50. The topological polar surface area (TPSA) is 66.8 Å². The molecule has 0 radical (unpaired) electrons. The van der Waals surface area contributed by atoms with Crippen molar-refractivity contribution in [3.63, 3.8) is 0 Å². The van der Waals surface area contributed by atoms with E-state index in [-0.39, 0.29) is 11.3 Å². The molecule has 0 amide bonds. The number of carbonyl (C=O) groups excluding carboxylic acids is 1. The molecule has 4 rings (SSSR count). The molecule has 1 heterocycles. The Labute approximate surface area is 199 Å². The molecule has 3 aliphatic rings. The van der Waals surface area contributed by atoms with E-state index in [9.17, 15) is 15.0 Å². The van der Waals surface area contributed by atoms with Crippen molar-refractivity contribution in [2.75, 3.05) is 6.61 Å². The first-order valence-corrected chi connectivity index (χ1v) is 11.5. The molecule has 2 N–H and O–H groups in total. The summed E-state index contributed by atoms with van der Waals surface area (Å²) in [6, 6.07) is 15.3. The second kappa shape index (κ2) is 8.60. The minimum atomic E-state index is -1.52. The van der Waals surface area contributed by atoms with E-state index < -0.39 is 24.1 Å². The van der Waals surface area contributed by atoms with Crippen LogP contribution in [0.5, 0.6) is 0 Å². The van der Waals surface area contributed by atoms with Gasteiger partial charge in [0, 0.05) is 21.7 Å². The average molecular weight is 465 g/mol. The molecule has 1 aromatic rings. The van der Waals surface area contributed by atoms with Crippen molar-refractivity contribution in [2.45, 2.75) is 52.2 Å². The molecule has 0 bridgehead atoms. The smallest absolute Gasteiger partial charge is 0.195 e. The monoisotopic (exact) mass is 464 g/mol. The summed E-state index contributed by atoms with van der Waals surface area (Å²) in [5.74, 6) is 0.0417. The number of halogens is 1. The van der Waals surface area contributed by atoms with Crippen LogP contribution < -0.4 is 0 Å². The van der Waals surface area contributed by atoms with Crippen molar-refractivity contribution in [3.8, 4) is 11.1 Å². The number of ether oxygens (including phenoxy) is 1. The van der Waals surface area contributed by atoms with Crippen LogP contribution in [-0.2, 0) is 15.1 Å². The second-order valence-corrected chi connectivity index (χ2v) is 9.60. The van der Waals surface area contributed by atoms with Crippen LogP contribution in [0.1, 0.15) is 54.5 Å². The van der Waals surface area contributed by atoms with E-state index >= 15 is 0 Å². The third-order valence-corrected chi connectivity index (χ3v) is 6.99. The normalized spacial score (nSPS) is 21.1. The molecule has 0 saturated carbocycles. The average Bonchev–Trinajstić information content (AvgIpc) is 3.01. The highest BCUT2D eigenvalue weighted by Gasteiger charge is 2.53. The molecule has 0 fully saturated rings. The highest BCUT2D eigenvalue weighted by molar-refractivity contribution is 6.30. The standard InChI is InChI=1S/C28H29ClO4/c1-15(2)19-6-11-22-16(3)13-23(25(22)17(4)12-19)28(20-7-9-21(29)10-8-20)27(32)26(31)18(5)24(14-30)33-28/h6-13,15,27,30,32H,14H2,1-5H3. The fraction of sp³-hybridized carbons (Fsp3) is 0.321. The van der Waals surface area contributed by atoms with Crippen LogP contribution in [0.2, 0.25) is 5.02 Å². The van der Waals surface area contributed by atoms with Crippen LogP contribution in [-0.4, -0.2) is 28.7 Å². The number of hydrogen-bond acceptors (Lipinski definition) is 4. The van der Waals surface area contributed by atoms with Gasteiger partial charge in [-0.05, 0) is 66.6 Å². The van der Waals surface area contributed by atoms with Crippen molar-refractivity contribution in [2.24, 2.45) is 0 Å². The molecule has 0 aromatic heterocycles. The molecule has 4 nitrogen and oxygen atoms in total. The Bertz CT molecular complexity index is 1230. The first-order valence-electron chi connectivity index (χ1n) is 11.1. The Morgan fingerprint density at radius 2 is 1.70 bits per heavy atom. The van der Waals surface area contributed by atoms with Gasteiger partial charge in [0.1, 0.15) is 12.4 Å². The van der Waals surface area contributed by atoms with Crippen LogP contribution in [0.4, 0.5) is 0 Å². The summed E-state index contributed by atoms with van der Waals surface area (Å²) >= 11 is 6.16. The van der Waals surface area contributed by atoms with Gasteiger partial charge in [-0.25, -0.2) is 0 Å². The molecule has 33 heavy (non-hydrogen) atoms. The Balaban J connectivity index is 2.11.